The number of benzene rings is 1. The summed E-state index contributed by atoms with van der Waals surface area (Å²) in [7, 11) is 0. The Labute approximate surface area is 152 Å². The van der Waals surface area contributed by atoms with Crippen LogP contribution in [0.1, 0.15) is 57.9 Å². The monoisotopic (exact) mass is 341 g/mol. The Morgan fingerprint density at radius 1 is 1.08 bits per heavy atom. The first-order chi connectivity index (χ1) is 12.2. The maximum absolute atomic E-state index is 12.2. The van der Waals surface area contributed by atoms with Crippen LogP contribution in [-0.4, -0.2) is 30.5 Å². The Kier molecular flexibility index (Phi) is 8.30. The third-order valence-corrected chi connectivity index (χ3v) is 4.51. The van der Waals surface area contributed by atoms with Gasteiger partial charge in [-0.25, -0.2) is 0 Å². The summed E-state index contributed by atoms with van der Waals surface area (Å²) in [6, 6.07) is 8.16. The summed E-state index contributed by atoms with van der Waals surface area (Å²) in [5.74, 6) is 1.05. The van der Waals surface area contributed by atoms with Gasteiger partial charge in [-0.1, -0.05) is 44.6 Å². The van der Waals surface area contributed by atoms with Crippen LogP contribution in [-0.2, 0) is 4.79 Å². The number of hydrogen-bond donors (Lipinski definition) is 0. The lowest BCUT2D eigenvalue weighted by Gasteiger charge is -2.25. The molecule has 0 saturated carbocycles. The number of likely N-dealkylation sites (tertiary alicyclic amines) is 1. The lowest BCUT2D eigenvalue weighted by atomic mass is 10.1. The van der Waals surface area contributed by atoms with Gasteiger partial charge in [-0.2, -0.15) is 0 Å². The highest BCUT2D eigenvalue weighted by atomic mass is 16.5. The Morgan fingerprint density at radius 3 is 2.44 bits per heavy atom. The fraction of sp³-hybridized carbons (Fsp3) is 0.500. The molecule has 0 radical (unpaired) electrons. The van der Waals surface area contributed by atoms with Crippen molar-refractivity contribution in [2.24, 2.45) is 0 Å². The molecule has 1 fully saturated rings. The van der Waals surface area contributed by atoms with E-state index in [1.54, 1.807) is 6.08 Å². The summed E-state index contributed by atoms with van der Waals surface area (Å²) in [5.41, 5.74) is 2.29. The lowest BCUT2D eigenvalue weighted by molar-refractivity contribution is -0.126. The highest BCUT2D eigenvalue weighted by Gasteiger charge is 2.13. The van der Waals surface area contributed by atoms with Crippen LogP contribution in [0.5, 0.6) is 5.75 Å². The molecular weight excluding hydrogens is 310 g/mol. The first-order valence-electron chi connectivity index (χ1n) is 9.63. The normalized spacial score (nSPS) is 15.6. The molecule has 1 aliphatic heterocycles. The lowest BCUT2D eigenvalue weighted by Crippen LogP contribution is -2.34. The maximum Gasteiger partial charge on any atom is 0.246 e. The van der Waals surface area contributed by atoms with E-state index < -0.39 is 0 Å². The van der Waals surface area contributed by atoms with Crippen LogP contribution < -0.4 is 4.74 Å². The summed E-state index contributed by atoms with van der Waals surface area (Å²) in [5, 5.41) is 0. The molecule has 1 aliphatic rings. The highest BCUT2D eigenvalue weighted by Crippen LogP contribution is 2.17. The van der Waals surface area contributed by atoms with Gasteiger partial charge in [0.15, 0.2) is 0 Å². The molecule has 3 heteroatoms. The summed E-state index contributed by atoms with van der Waals surface area (Å²) in [6.45, 7) is 6.84. The SMILES string of the molecule is CCCCOc1ccc(/C=C(/C=C/C(=O)N2CCCCC2)CC)cc1. The largest absolute Gasteiger partial charge is 0.494 e. The fourth-order valence-electron chi connectivity index (χ4n) is 2.87. The second-order valence-electron chi connectivity index (χ2n) is 6.56. The van der Waals surface area contributed by atoms with Crippen molar-refractivity contribution in [3.63, 3.8) is 0 Å². The third-order valence-electron chi connectivity index (χ3n) is 4.51. The van der Waals surface area contributed by atoms with Gasteiger partial charge in [0.05, 0.1) is 6.61 Å². The molecule has 0 bridgehead atoms. The smallest absolute Gasteiger partial charge is 0.246 e. The van der Waals surface area contributed by atoms with Crippen molar-refractivity contribution in [1.82, 2.24) is 4.90 Å². The van der Waals surface area contributed by atoms with Crippen LogP contribution in [0.4, 0.5) is 0 Å². The van der Waals surface area contributed by atoms with E-state index in [0.717, 1.165) is 68.7 Å². The number of unbranched alkanes of at least 4 members (excludes halogenated alkanes) is 1. The molecular formula is C22H31NO2. The summed E-state index contributed by atoms with van der Waals surface area (Å²) in [4.78, 5) is 14.2. The Morgan fingerprint density at radius 2 is 1.80 bits per heavy atom. The van der Waals surface area contributed by atoms with Crippen molar-refractivity contribution < 1.29 is 9.53 Å². The highest BCUT2D eigenvalue weighted by molar-refractivity contribution is 5.88. The second kappa shape index (κ2) is 10.8. The van der Waals surface area contributed by atoms with Crippen LogP contribution in [0.2, 0.25) is 0 Å². The molecule has 25 heavy (non-hydrogen) atoms. The molecule has 136 valence electrons. The number of ether oxygens (including phenoxy) is 1. The van der Waals surface area contributed by atoms with Gasteiger partial charge >= 0.3 is 0 Å². The quantitative estimate of drug-likeness (QED) is 0.368. The van der Waals surface area contributed by atoms with Gasteiger partial charge in [-0.15, -0.1) is 0 Å². The molecule has 0 spiro atoms. The van der Waals surface area contributed by atoms with E-state index in [2.05, 4.69) is 32.1 Å². The maximum atomic E-state index is 12.2. The van der Waals surface area contributed by atoms with Crippen molar-refractivity contribution >= 4 is 12.0 Å². The molecule has 1 aromatic rings. The summed E-state index contributed by atoms with van der Waals surface area (Å²) >= 11 is 0. The van der Waals surface area contributed by atoms with Gasteiger partial charge in [-0.3, -0.25) is 4.79 Å². The number of carbonyl (C=O) groups is 1. The van der Waals surface area contributed by atoms with Crippen molar-refractivity contribution in [2.75, 3.05) is 19.7 Å². The van der Waals surface area contributed by atoms with Crippen LogP contribution in [0.25, 0.3) is 6.08 Å². The molecule has 0 unspecified atom stereocenters. The fourth-order valence-corrected chi connectivity index (χ4v) is 2.87. The zero-order valence-corrected chi connectivity index (χ0v) is 15.7. The van der Waals surface area contributed by atoms with E-state index in [1.165, 1.54) is 6.42 Å². The molecule has 0 aliphatic carbocycles. The first kappa shape index (κ1) is 19.3. The molecule has 1 aromatic carbocycles. The van der Waals surface area contributed by atoms with Gasteiger partial charge in [0.25, 0.3) is 0 Å². The molecule has 3 nitrogen and oxygen atoms in total. The van der Waals surface area contributed by atoms with Gasteiger partial charge in [0.1, 0.15) is 5.75 Å². The molecule has 2 rings (SSSR count). The Hall–Kier alpha value is -2.03. The van der Waals surface area contributed by atoms with Gasteiger partial charge in [0.2, 0.25) is 5.91 Å². The molecule has 1 amide bonds. The van der Waals surface area contributed by atoms with E-state index >= 15 is 0 Å². The minimum atomic E-state index is 0.138. The average Bonchev–Trinajstić information content (AvgIpc) is 2.67. The number of piperidine rings is 1. The molecule has 0 atom stereocenters. The molecule has 1 saturated heterocycles. The van der Waals surface area contributed by atoms with E-state index in [9.17, 15) is 4.79 Å². The van der Waals surface area contributed by atoms with Gasteiger partial charge < -0.3 is 9.64 Å². The van der Waals surface area contributed by atoms with Crippen LogP contribution >= 0.6 is 0 Å². The zero-order valence-electron chi connectivity index (χ0n) is 15.7. The summed E-state index contributed by atoms with van der Waals surface area (Å²) in [6.07, 6.45) is 12.4. The van der Waals surface area contributed by atoms with E-state index in [1.807, 2.05) is 23.1 Å². The topological polar surface area (TPSA) is 29.5 Å². The first-order valence-corrected chi connectivity index (χ1v) is 9.63. The van der Waals surface area contributed by atoms with E-state index in [-0.39, 0.29) is 5.91 Å². The van der Waals surface area contributed by atoms with Crippen molar-refractivity contribution in [1.29, 1.82) is 0 Å². The predicted octanol–water partition coefficient (Wildman–Crippen LogP) is 5.23. The Balaban J connectivity index is 1.94. The zero-order chi connectivity index (χ0) is 17.9. The molecule has 0 N–H and O–H groups in total. The minimum absolute atomic E-state index is 0.138. The van der Waals surface area contributed by atoms with Gasteiger partial charge in [0, 0.05) is 19.2 Å². The number of nitrogens with zero attached hydrogens (tertiary/aromatic N) is 1. The third kappa shape index (κ3) is 6.77. The van der Waals surface area contributed by atoms with Crippen molar-refractivity contribution in [2.45, 2.75) is 52.4 Å². The molecule has 1 heterocycles. The van der Waals surface area contributed by atoms with Crippen LogP contribution in [0, 0.1) is 0 Å². The number of allylic oxidation sites excluding steroid dienone is 2. The minimum Gasteiger partial charge on any atom is -0.494 e. The number of rotatable bonds is 8. The van der Waals surface area contributed by atoms with Crippen molar-refractivity contribution in [3.8, 4) is 5.75 Å². The molecule has 0 aromatic heterocycles. The average molecular weight is 341 g/mol. The summed E-state index contributed by atoms with van der Waals surface area (Å²) < 4.78 is 5.69. The number of carbonyl (C=O) groups excluding carboxylic acids is 1. The predicted molar refractivity (Wildman–Crippen MR) is 105 cm³/mol. The van der Waals surface area contributed by atoms with Gasteiger partial charge in [-0.05, 0) is 55.4 Å². The number of amides is 1. The van der Waals surface area contributed by atoms with Crippen molar-refractivity contribution in [3.05, 3.63) is 47.6 Å². The number of hydrogen-bond acceptors (Lipinski definition) is 2. The standard InChI is InChI=1S/C22H31NO2/c1-3-5-17-25-21-12-9-20(10-13-21)18-19(4-2)11-14-22(24)23-15-7-6-8-16-23/h9-14,18H,3-8,15-17H2,1-2H3/b14-11+,19-18+. The van der Waals surface area contributed by atoms with Crippen LogP contribution in [0.3, 0.4) is 0 Å². The second-order valence-corrected chi connectivity index (χ2v) is 6.56. The Bertz CT molecular complexity index is 581. The van der Waals surface area contributed by atoms with E-state index in [4.69, 9.17) is 4.74 Å². The van der Waals surface area contributed by atoms with E-state index in [0.29, 0.717) is 0 Å². The van der Waals surface area contributed by atoms with Crippen LogP contribution in [0.15, 0.2) is 42.0 Å².